The lowest BCUT2D eigenvalue weighted by atomic mass is 10.0. The molecule has 0 saturated heterocycles. The lowest BCUT2D eigenvalue weighted by Gasteiger charge is -2.21. The summed E-state index contributed by atoms with van der Waals surface area (Å²) in [4.78, 5) is 72.0. The number of hydrogen-bond acceptors (Lipinski definition) is 15. The lowest BCUT2D eigenvalue weighted by Crippen LogP contribution is -2.30. The Morgan fingerprint density at radius 2 is 0.568 bits per heavy atom. The van der Waals surface area contributed by atoms with Crippen molar-refractivity contribution in [1.82, 2.24) is 0 Å². The first-order chi connectivity index (χ1) is 38.9. The van der Waals surface area contributed by atoms with Gasteiger partial charge in [-0.2, -0.15) is 0 Å². The Kier molecular flexibility index (Phi) is 53.4. The molecular formula is C62H120O17P2. The molecule has 3 N–H and O–H groups in total. The highest BCUT2D eigenvalue weighted by molar-refractivity contribution is 7.47. The third-order valence-corrected chi connectivity index (χ3v) is 16.1. The van der Waals surface area contributed by atoms with Crippen molar-refractivity contribution in [2.75, 3.05) is 39.6 Å². The fraction of sp³-hybridized carbons (Fsp3) is 0.935. The van der Waals surface area contributed by atoms with Crippen molar-refractivity contribution in [1.29, 1.82) is 0 Å². The molecule has 0 saturated carbocycles. The summed E-state index contributed by atoms with van der Waals surface area (Å²) in [5.41, 5.74) is 0. The molecule has 0 aromatic carbocycles. The predicted octanol–water partition coefficient (Wildman–Crippen LogP) is 16.9. The molecule has 2 unspecified atom stereocenters. The maximum atomic E-state index is 12.9. The van der Waals surface area contributed by atoms with Crippen LogP contribution in [0.15, 0.2) is 0 Å². The van der Waals surface area contributed by atoms with E-state index in [-0.39, 0.29) is 25.7 Å². The summed E-state index contributed by atoms with van der Waals surface area (Å²) in [5.74, 6) is -0.695. The Hall–Kier alpha value is -1.94. The normalized spacial score (nSPS) is 14.4. The molecule has 0 radical (unpaired) electrons. The monoisotopic (exact) mass is 1200 g/mol. The third kappa shape index (κ3) is 56.9. The summed E-state index contributed by atoms with van der Waals surface area (Å²) in [6.45, 7) is 9.37. The number of ether oxygens (including phenoxy) is 4. The Bertz CT molecular complexity index is 1600. The summed E-state index contributed by atoms with van der Waals surface area (Å²) < 4.78 is 67.8. The van der Waals surface area contributed by atoms with E-state index < -0.39 is 97.5 Å². The van der Waals surface area contributed by atoms with Crippen molar-refractivity contribution < 1.29 is 80.2 Å². The number of aliphatic hydroxyl groups excluding tert-OH is 1. The summed E-state index contributed by atoms with van der Waals surface area (Å²) in [7, 11) is -9.88. The minimum atomic E-state index is -4.94. The highest BCUT2D eigenvalue weighted by Gasteiger charge is 2.30. The van der Waals surface area contributed by atoms with Crippen LogP contribution in [0.1, 0.15) is 305 Å². The minimum absolute atomic E-state index is 0.105. The highest BCUT2D eigenvalue weighted by Crippen LogP contribution is 2.45. The molecule has 0 aliphatic carbocycles. The van der Waals surface area contributed by atoms with Gasteiger partial charge in [0, 0.05) is 25.7 Å². The Labute approximate surface area is 492 Å². The zero-order chi connectivity index (χ0) is 60.1. The van der Waals surface area contributed by atoms with Gasteiger partial charge >= 0.3 is 39.5 Å². The molecule has 0 spiro atoms. The van der Waals surface area contributed by atoms with Crippen LogP contribution in [0.4, 0.5) is 0 Å². The molecule has 0 aromatic rings. The third-order valence-electron chi connectivity index (χ3n) is 14.2. The van der Waals surface area contributed by atoms with Gasteiger partial charge in [-0.3, -0.25) is 37.3 Å². The quantitative estimate of drug-likeness (QED) is 0.0222. The number of hydrogen-bond donors (Lipinski definition) is 3. The first-order valence-electron chi connectivity index (χ1n) is 32.5. The lowest BCUT2D eigenvalue weighted by molar-refractivity contribution is -0.161. The fourth-order valence-electron chi connectivity index (χ4n) is 9.18. The van der Waals surface area contributed by atoms with E-state index in [1.165, 1.54) is 116 Å². The van der Waals surface area contributed by atoms with Gasteiger partial charge in [0.05, 0.1) is 26.4 Å². The fourth-order valence-corrected chi connectivity index (χ4v) is 10.8. The standard InChI is InChI=1S/C62H120O17P2/c1-7-9-11-13-15-20-25-32-38-44-59(64)72-50-57(78-61(66)46-40-34-26-21-16-14-12-10-8-2)52-76-80(68,69)74-48-56(63)49-75-81(70,71)77-53-58(51-73-60(65)45-39-33-29-28-31-37-43-55(5)6)79-62(67)47-41-35-27-23-19-17-18-22-24-30-36-42-54(3)4/h54-58,63H,7-53H2,1-6H3,(H,68,69)(H,70,71)/t56-,57+,58+/m0/s1. The zero-order valence-corrected chi connectivity index (χ0v) is 53.9. The van der Waals surface area contributed by atoms with Gasteiger partial charge in [-0.15, -0.1) is 0 Å². The second kappa shape index (κ2) is 54.7. The number of esters is 4. The Morgan fingerprint density at radius 3 is 0.840 bits per heavy atom. The van der Waals surface area contributed by atoms with E-state index in [2.05, 4.69) is 41.5 Å². The largest absolute Gasteiger partial charge is 0.472 e. The van der Waals surface area contributed by atoms with E-state index >= 15 is 0 Å². The Morgan fingerprint density at radius 1 is 0.333 bits per heavy atom. The van der Waals surface area contributed by atoms with Crippen LogP contribution >= 0.6 is 15.6 Å². The van der Waals surface area contributed by atoms with Crippen LogP contribution in [0.5, 0.6) is 0 Å². The first kappa shape index (κ1) is 79.1. The van der Waals surface area contributed by atoms with Crippen LogP contribution in [-0.2, 0) is 65.4 Å². The van der Waals surface area contributed by atoms with E-state index in [0.717, 1.165) is 102 Å². The van der Waals surface area contributed by atoms with Crippen LogP contribution in [-0.4, -0.2) is 96.7 Å². The van der Waals surface area contributed by atoms with E-state index in [1.54, 1.807) is 0 Å². The minimum Gasteiger partial charge on any atom is -0.462 e. The second-order valence-corrected chi connectivity index (χ2v) is 26.3. The maximum Gasteiger partial charge on any atom is 0.472 e. The van der Waals surface area contributed by atoms with Gasteiger partial charge in [0.1, 0.15) is 19.3 Å². The molecule has 81 heavy (non-hydrogen) atoms. The molecule has 0 heterocycles. The molecular weight excluding hydrogens is 1080 g/mol. The highest BCUT2D eigenvalue weighted by atomic mass is 31.2. The molecule has 0 amide bonds. The van der Waals surface area contributed by atoms with Gasteiger partial charge in [-0.1, -0.05) is 253 Å². The topological polar surface area (TPSA) is 237 Å². The number of unbranched alkanes of at least 4 members (excludes halogenated alkanes) is 31. The molecule has 480 valence electrons. The van der Waals surface area contributed by atoms with E-state index in [0.29, 0.717) is 31.6 Å². The predicted molar refractivity (Wildman–Crippen MR) is 321 cm³/mol. The number of carbonyl (C=O) groups excluding carboxylic acids is 4. The molecule has 0 aliphatic heterocycles. The number of phosphoric ester groups is 2. The summed E-state index contributed by atoms with van der Waals surface area (Å²) in [6, 6.07) is 0. The van der Waals surface area contributed by atoms with Crippen LogP contribution < -0.4 is 0 Å². The molecule has 0 bridgehead atoms. The zero-order valence-electron chi connectivity index (χ0n) is 52.1. The SMILES string of the molecule is CCCCCCCCCCCC(=O)OC[C@H](COP(=O)(O)OC[C@H](O)COP(=O)(O)OC[C@@H](COC(=O)CCCCCCCCC(C)C)OC(=O)CCCCCCCCCCCCCC(C)C)OC(=O)CCCCCCCCCCC. The van der Waals surface area contributed by atoms with Gasteiger partial charge in [0.25, 0.3) is 0 Å². The molecule has 0 aromatic heterocycles. The van der Waals surface area contributed by atoms with Gasteiger partial charge in [0.15, 0.2) is 12.2 Å². The van der Waals surface area contributed by atoms with E-state index in [9.17, 15) is 43.2 Å². The number of carbonyl (C=O) groups is 4. The second-order valence-electron chi connectivity index (χ2n) is 23.4. The molecule has 0 aliphatic rings. The van der Waals surface area contributed by atoms with Gasteiger partial charge in [0.2, 0.25) is 0 Å². The van der Waals surface area contributed by atoms with Gasteiger partial charge < -0.3 is 33.8 Å². The van der Waals surface area contributed by atoms with Crippen LogP contribution in [0.25, 0.3) is 0 Å². The number of aliphatic hydroxyl groups is 1. The number of phosphoric acid groups is 2. The van der Waals surface area contributed by atoms with Gasteiger partial charge in [-0.05, 0) is 37.5 Å². The average molecular weight is 1200 g/mol. The van der Waals surface area contributed by atoms with Crippen LogP contribution in [0, 0.1) is 11.8 Å². The van der Waals surface area contributed by atoms with Crippen molar-refractivity contribution in [2.45, 2.75) is 323 Å². The summed E-state index contributed by atoms with van der Waals surface area (Å²) >= 11 is 0. The van der Waals surface area contributed by atoms with Crippen molar-refractivity contribution in [2.24, 2.45) is 11.8 Å². The molecule has 0 fully saturated rings. The van der Waals surface area contributed by atoms with E-state index in [4.69, 9.17) is 37.0 Å². The maximum absolute atomic E-state index is 12.9. The van der Waals surface area contributed by atoms with Crippen LogP contribution in [0.3, 0.4) is 0 Å². The molecule has 5 atom stereocenters. The average Bonchev–Trinajstić information content (AvgIpc) is 3.42. The van der Waals surface area contributed by atoms with Crippen LogP contribution in [0.2, 0.25) is 0 Å². The summed E-state index contributed by atoms with van der Waals surface area (Å²) in [6.07, 6.45) is 36.3. The van der Waals surface area contributed by atoms with Crippen molar-refractivity contribution >= 4 is 39.5 Å². The summed E-state index contributed by atoms with van der Waals surface area (Å²) in [5, 5.41) is 10.5. The Balaban J connectivity index is 5.21. The van der Waals surface area contributed by atoms with Crippen molar-refractivity contribution in [3.05, 3.63) is 0 Å². The van der Waals surface area contributed by atoms with Gasteiger partial charge in [-0.25, -0.2) is 9.13 Å². The molecule has 0 rings (SSSR count). The number of rotatable bonds is 61. The molecule has 17 nitrogen and oxygen atoms in total. The smallest absolute Gasteiger partial charge is 0.462 e. The van der Waals surface area contributed by atoms with E-state index in [1.807, 2.05) is 0 Å². The van der Waals surface area contributed by atoms with Crippen molar-refractivity contribution in [3.63, 3.8) is 0 Å². The molecule has 19 heteroatoms. The first-order valence-corrected chi connectivity index (χ1v) is 35.5. The van der Waals surface area contributed by atoms with Crippen molar-refractivity contribution in [3.8, 4) is 0 Å².